The highest BCUT2D eigenvalue weighted by Crippen LogP contribution is 2.26. The Morgan fingerprint density at radius 3 is 2.84 bits per heavy atom. The number of rotatable bonds is 2. The summed E-state index contributed by atoms with van der Waals surface area (Å²) in [4.78, 5) is 2.44. The summed E-state index contributed by atoms with van der Waals surface area (Å²) in [5.41, 5.74) is 10.6. The van der Waals surface area contributed by atoms with Crippen LogP contribution in [0, 0.1) is 0 Å². The van der Waals surface area contributed by atoms with Crippen molar-refractivity contribution in [3.05, 3.63) is 64.2 Å². The van der Waals surface area contributed by atoms with Gasteiger partial charge in [-0.1, -0.05) is 35.9 Å². The largest absolute Gasteiger partial charge is 0.399 e. The van der Waals surface area contributed by atoms with E-state index in [4.69, 9.17) is 17.3 Å². The Balaban J connectivity index is 1.76. The molecule has 2 aromatic rings. The van der Waals surface area contributed by atoms with Gasteiger partial charge in [-0.25, -0.2) is 0 Å². The predicted molar refractivity (Wildman–Crippen MR) is 80.1 cm³/mol. The molecule has 0 fully saturated rings. The molecular weight excluding hydrogens is 256 g/mol. The lowest BCUT2D eigenvalue weighted by Gasteiger charge is -2.29. The van der Waals surface area contributed by atoms with Gasteiger partial charge in [-0.2, -0.15) is 0 Å². The average Bonchev–Trinajstić information content (AvgIpc) is 2.39. The second kappa shape index (κ2) is 5.24. The van der Waals surface area contributed by atoms with Crippen LogP contribution in [0.3, 0.4) is 0 Å². The van der Waals surface area contributed by atoms with Crippen LogP contribution in [0.4, 0.5) is 5.69 Å². The third-order valence-electron chi connectivity index (χ3n) is 3.65. The van der Waals surface area contributed by atoms with Gasteiger partial charge in [0.15, 0.2) is 0 Å². The number of hydrogen-bond acceptors (Lipinski definition) is 2. The molecule has 0 aromatic heterocycles. The highest BCUT2D eigenvalue weighted by Gasteiger charge is 2.18. The van der Waals surface area contributed by atoms with Crippen molar-refractivity contribution in [2.75, 3.05) is 12.3 Å². The van der Waals surface area contributed by atoms with Gasteiger partial charge < -0.3 is 5.73 Å². The molecule has 0 saturated heterocycles. The Morgan fingerprint density at radius 2 is 2.00 bits per heavy atom. The molecule has 2 N–H and O–H groups in total. The second-order valence-corrected chi connectivity index (χ2v) is 5.49. The maximum atomic E-state index is 6.24. The van der Waals surface area contributed by atoms with Gasteiger partial charge in [-0.15, -0.1) is 0 Å². The molecule has 0 radical (unpaired) electrons. The minimum absolute atomic E-state index is 0.831. The zero-order valence-electron chi connectivity index (χ0n) is 10.8. The Bertz CT molecular complexity index is 595. The highest BCUT2D eigenvalue weighted by molar-refractivity contribution is 6.31. The molecule has 0 spiro atoms. The third-order valence-corrected chi connectivity index (χ3v) is 4.00. The van der Waals surface area contributed by atoms with Gasteiger partial charge in [0.2, 0.25) is 0 Å². The summed E-state index contributed by atoms with van der Waals surface area (Å²) in [6, 6.07) is 14.3. The van der Waals surface area contributed by atoms with Crippen LogP contribution in [0.5, 0.6) is 0 Å². The van der Waals surface area contributed by atoms with Gasteiger partial charge in [0.05, 0.1) is 0 Å². The minimum atomic E-state index is 0.831. The van der Waals surface area contributed by atoms with Crippen molar-refractivity contribution < 1.29 is 0 Å². The lowest BCUT2D eigenvalue weighted by Crippen LogP contribution is -2.30. The number of nitrogen functional groups attached to an aromatic ring is 1. The third kappa shape index (κ3) is 2.75. The minimum Gasteiger partial charge on any atom is -0.399 e. The van der Waals surface area contributed by atoms with E-state index >= 15 is 0 Å². The van der Waals surface area contributed by atoms with Crippen molar-refractivity contribution in [1.29, 1.82) is 0 Å². The first-order valence-electron chi connectivity index (χ1n) is 6.55. The molecule has 1 aliphatic heterocycles. The molecular formula is C16H17ClN2. The first kappa shape index (κ1) is 12.5. The van der Waals surface area contributed by atoms with E-state index in [-0.39, 0.29) is 0 Å². The number of nitrogens with two attached hydrogens (primary N) is 1. The van der Waals surface area contributed by atoms with Crippen molar-refractivity contribution in [2.45, 2.75) is 19.5 Å². The van der Waals surface area contributed by atoms with E-state index in [0.29, 0.717) is 0 Å². The Morgan fingerprint density at radius 1 is 1.16 bits per heavy atom. The normalized spacial score (nSPS) is 15.2. The summed E-state index contributed by atoms with van der Waals surface area (Å²) in [5, 5.41) is 0.904. The summed E-state index contributed by atoms with van der Waals surface area (Å²) in [6.45, 7) is 2.95. The fraction of sp³-hybridized carbons (Fsp3) is 0.250. The van der Waals surface area contributed by atoms with Crippen molar-refractivity contribution >= 4 is 17.3 Å². The van der Waals surface area contributed by atoms with E-state index in [1.54, 1.807) is 0 Å². The van der Waals surface area contributed by atoms with Crippen LogP contribution in [-0.2, 0) is 19.5 Å². The number of hydrogen-bond donors (Lipinski definition) is 1. The van der Waals surface area contributed by atoms with E-state index in [1.807, 2.05) is 30.3 Å². The quantitative estimate of drug-likeness (QED) is 0.848. The molecule has 0 atom stereocenters. The lowest BCUT2D eigenvalue weighted by atomic mass is 9.99. The molecule has 0 saturated carbocycles. The van der Waals surface area contributed by atoms with Crippen LogP contribution >= 0.6 is 11.6 Å². The SMILES string of the molecule is Nc1cccc(CN2CCc3c(Cl)cccc3C2)c1. The van der Waals surface area contributed by atoms with Crippen LogP contribution in [-0.4, -0.2) is 11.4 Å². The molecule has 0 aliphatic carbocycles. The van der Waals surface area contributed by atoms with Crippen molar-refractivity contribution in [3.8, 4) is 0 Å². The summed E-state index contributed by atoms with van der Waals surface area (Å²) in [5.74, 6) is 0. The van der Waals surface area contributed by atoms with Crippen molar-refractivity contribution in [1.82, 2.24) is 4.90 Å². The van der Waals surface area contributed by atoms with E-state index in [9.17, 15) is 0 Å². The number of anilines is 1. The number of fused-ring (bicyclic) bond motifs is 1. The maximum absolute atomic E-state index is 6.24. The molecule has 2 aromatic carbocycles. The first-order valence-corrected chi connectivity index (χ1v) is 6.93. The predicted octanol–water partition coefficient (Wildman–Crippen LogP) is 3.48. The second-order valence-electron chi connectivity index (χ2n) is 5.08. The van der Waals surface area contributed by atoms with Crippen molar-refractivity contribution in [3.63, 3.8) is 0 Å². The molecule has 1 aliphatic rings. The van der Waals surface area contributed by atoms with Crippen molar-refractivity contribution in [2.24, 2.45) is 0 Å². The number of benzene rings is 2. The molecule has 19 heavy (non-hydrogen) atoms. The zero-order chi connectivity index (χ0) is 13.2. The molecule has 0 unspecified atom stereocenters. The summed E-state index contributed by atoms with van der Waals surface area (Å²) in [6.07, 6.45) is 1.03. The fourth-order valence-electron chi connectivity index (χ4n) is 2.71. The average molecular weight is 273 g/mol. The maximum Gasteiger partial charge on any atom is 0.0441 e. The lowest BCUT2D eigenvalue weighted by molar-refractivity contribution is 0.245. The standard InChI is InChI=1S/C16H17ClN2/c17-16-6-2-4-13-11-19(8-7-15(13)16)10-12-3-1-5-14(18)9-12/h1-6,9H,7-8,10-11,18H2. The Kier molecular flexibility index (Phi) is 3.45. The summed E-state index contributed by atoms with van der Waals surface area (Å²) >= 11 is 6.24. The highest BCUT2D eigenvalue weighted by atomic mass is 35.5. The zero-order valence-corrected chi connectivity index (χ0v) is 11.5. The fourth-order valence-corrected chi connectivity index (χ4v) is 2.99. The molecule has 98 valence electrons. The monoisotopic (exact) mass is 272 g/mol. The van der Waals surface area contributed by atoms with E-state index < -0.39 is 0 Å². The smallest absolute Gasteiger partial charge is 0.0441 e. The van der Waals surface area contributed by atoms with Crippen LogP contribution < -0.4 is 5.73 Å². The van der Waals surface area contributed by atoms with Gasteiger partial charge in [-0.05, 0) is 41.3 Å². The molecule has 3 rings (SSSR count). The molecule has 1 heterocycles. The molecule has 0 bridgehead atoms. The van der Waals surface area contributed by atoms with E-state index in [2.05, 4.69) is 17.0 Å². The Labute approximate surface area is 118 Å². The van der Waals surface area contributed by atoms with Gasteiger partial charge in [0.25, 0.3) is 0 Å². The van der Waals surface area contributed by atoms with Crippen LogP contribution in [0.2, 0.25) is 5.02 Å². The Hall–Kier alpha value is -1.51. The van der Waals surface area contributed by atoms with E-state index in [1.165, 1.54) is 16.7 Å². The van der Waals surface area contributed by atoms with Gasteiger partial charge >= 0.3 is 0 Å². The van der Waals surface area contributed by atoms with Crippen LogP contribution in [0.1, 0.15) is 16.7 Å². The summed E-state index contributed by atoms with van der Waals surface area (Å²) < 4.78 is 0. The van der Waals surface area contributed by atoms with Crippen LogP contribution in [0.25, 0.3) is 0 Å². The summed E-state index contributed by atoms with van der Waals surface area (Å²) in [7, 11) is 0. The molecule has 0 amide bonds. The number of halogens is 1. The topological polar surface area (TPSA) is 29.3 Å². The van der Waals surface area contributed by atoms with Crippen LogP contribution in [0.15, 0.2) is 42.5 Å². The first-order chi connectivity index (χ1) is 9.22. The van der Waals surface area contributed by atoms with E-state index in [0.717, 1.165) is 36.8 Å². The molecule has 2 nitrogen and oxygen atoms in total. The number of nitrogens with zero attached hydrogens (tertiary/aromatic N) is 1. The van der Waals surface area contributed by atoms with Gasteiger partial charge in [-0.3, -0.25) is 4.90 Å². The van der Waals surface area contributed by atoms with Gasteiger partial charge in [0, 0.05) is 30.3 Å². The molecule has 3 heteroatoms. The van der Waals surface area contributed by atoms with Gasteiger partial charge in [0.1, 0.15) is 0 Å².